The first-order valence-corrected chi connectivity index (χ1v) is 5.89. The third-order valence-electron chi connectivity index (χ3n) is 2.83. The lowest BCUT2D eigenvalue weighted by atomic mass is 10.3. The second kappa shape index (κ2) is 6.15. The summed E-state index contributed by atoms with van der Waals surface area (Å²) in [4.78, 5) is 25.2. The van der Waals surface area contributed by atoms with Crippen molar-refractivity contribution in [3.63, 3.8) is 0 Å². The molecule has 1 unspecified atom stereocenters. The van der Waals surface area contributed by atoms with Crippen LogP contribution in [0.25, 0.3) is 0 Å². The maximum atomic E-state index is 11.9. The minimum absolute atomic E-state index is 0.324. The van der Waals surface area contributed by atoms with Gasteiger partial charge in [0.15, 0.2) is 0 Å². The fourth-order valence-corrected chi connectivity index (χ4v) is 1.69. The van der Waals surface area contributed by atoms with Crippen LogP contribution in [0.1, 0.15) is 26.8 Å². The molecule has 0 aliphatic carbocycles. The highest BCUT2D eigenvalue weighted by Crippen LogP contribution is 2.09. The predicted molar refractivity (Wildman–Crippen MR) is 69.1 cm³/mol. The van der Waals surface area contributed by atoms with Crippen molar-refractivity contribution in [2.24, 2.45) is 5.84 Å². The van der Waals surface area contributed by atoms with E-state index in [2.05, 4.69) is 5.10 Å². The Balaban J connectivity index is 3.07. The number of nitrogens with two attached hydrogens (primary N) is 1. The van der Waals surface area contributed by atoms with Crippen LogP contribution >= 0.6 is 0 Å². The monoisotopic (exact) mass is 253 g/mol. The summed E-state index contributed by atoms with van der Waals surface area (Å²) in [6.07, 6.45) is 1.58. The molecule has 0 aromatic carbocycles. The molecule has 0 bridgehead atoms. The van der Waals surface area contributed by atoms with E-state index in [1.807, 2.05) is 24.2 Å². The summed E-state index contributed by atoms with van der Waals surface area (Å²) in [5.41, 5.74) is 2.43. The molecule has 0 radical (unpaired) electrons. The topological polar surface area (TPSA) is 93.2 Å². The first-order chi connectivity index (χ1) is 8.54. The van der Waals surface area contributed by atoms with Crippen LogP contribution in [-0.4, -0.2) is 28.8 Å². The van der Waals surface area contributed by atoms with Crippen LogP contribution in [0, 0.1) is 0 Å². The molecule has 3 N–H and O–H groups in total. The summed E-state index contributed by atoms with van der Waals surface area (Å²) in [6.45, 7) is 7.15. The number of hydrogen-bond donors (Lipinski definition) is 2. The third kappa shape index (κ3) is 2.86. The average Bonchev–Trinajstić information content (AvgIpc) is 2.38. The number of amides is 1. The van der Waals surface area contributed by atoms with E-state index in [4.69, 9.17) is 5.84 Å². The standard InChI is InChI=1S/C11H19N5O2/c1-4-15(5-2)9-6-10(17)16(13-7-9)8(3)11(18)14-12/h6-8H,4-5,12H2,1-3H3,(H,14,18). The van der Waals surface area contributed by atoms with Crippen molar-refractivity contribution in [1.29, 1.82) is 0 Å². The van der Waals surface area contributed by atoms with E-state index in [0.29, 0.717) is 0 Å². The van der Waals surface area contributed by atoms with Crippen molar-refractivity contribution in [2.75, 3.05) is 18.0 Å². The molecule has 1 heterocycles. The molecule has 0 aliphatic heterocycles. The molecule has 100 valence electrons. The smallest absolute Gasteiger partial charge is 0.269 e. The molecule has 1 aromatic rings. The maximum Gasteiger partial charge on any atom is 0.269 e. The summed E-state index contributed by atoms with van der Waals surface area (Å²) in [6, 6.07) is 0.744. The summed E-state index contributed by atoms with van der Waals surface area (Å²) >= 11 is 0. The fourth-order valence-electron chi connectivity index (χ4n) is 1.69. The summed E-state index contributed by atoms with van der Waals surface area (Å²) < 4.78 is 1.11. The molecular weight excluding hydrogens is 234 g/mol. The largest absolute Gasteiger partial charge is 0.371 e. The van der Waals surface area contributed by atoms with Gasteiger partial charge in [-0.2, -0.15) is 5.10 Å². The van der Waals surface area contributed by atoms with Gasteiger partial charge in [-0.3, -0.25) is 15.0 Å². The number of carbonyl (C=O) groups is 1. The van der Waals surface area contributed by atoms with Gasteiger partial charge in [0.25, 0.3) is 11.5 Å². The zero-order valence-corrected chi connectivity index (χ0v) is 10.9. The van der Waals surface area contributed by atoms with Crippen LogP contribution in [0.4, 0.5) is 5.69 Å². The Kier molecular flexibility index (Phi) is 4.85. The van der Waals surface area contributed by atoms with Gasteiger partial charge in [0.1, 0.15) is 6.04 Å². The number of nitrogens with one attached hydrogen (secondary N) is 1. The Hall–Kier alpha value is -1.89. The quantitative estimate of drug-likeness (QED) is 0.424. The second-order valence-corrected chi connectivity index (χ2v) is 3.85. The van der Waals surface area contributed by atoms with Gasteiger partial charge in [-0.1, -0.05) is 0 Å². The van der Waals surface area contributed by atoms with E-state index in [1.54, 1.807) is 13.1 Å². The number of carbonyl (C=O) groups excluding carboxylic acids is 1. The second-order valence-electron chi connectivity index (χ2n) is 3.85. The van der Waals surface area contributed by atoms with E-state index in [1.165, 1.54) is 6.07 Å². The Morgan fingerprint density at radius 2 is 2.17 bits per heavy atom. The van der Waals surface area contributed by atoms with Crippen molar-refractivity contribution in [3.05, 3.63) is 22.6 Å². The third-order valence-corrected chi connectivity index (χ3v) is 2.83. The van der Waals surface area contributed by atoms with E-state index in [-0.39, 0.29) is 5.56 Å². The molecule has 7 heteroatoms. The summed E-state index contributed by atoms with van der Waals surface area (Å²) in [5.74, 6) is 4.57. The molecule has 0 fully saturated rings. The van der Waals surface area contributed by atoms with Crippen molar-refractivity contribution in [1.82, 2.24) is 15.2 Å². The van der Waals surface area contributed by atoms with Gasteiger partial charge in [-0.05, 0) is 20.8 Å². The SMILES string of the molecule is CCN(CC)c1cnn(C(C)C(=O)NN)c(=O)c1. The predicted octanol–water partition coefficient (Wildman–Crippen LogP) is -0.360. The molecule has 7 nitrogen and oxygen atoms in total. The Bertz CT molecular complexity index is 467. The molecule has 18 heavy (non-hydrogen) atoms. The van der Waals surface area contributed by atoms with Crippen LogP contribution < -0.4 is 21.7 Å². The normalized spacial score (nSPS) is 12.0. The van der Waals surface area contributed by atoms with Crippen LogP contribution in [0.15, 0.2) is 17.1 Å². The molecule has 0 saturated heterocycles. The molecular formula is C11H19N5O2. The van der Waals surface area contributed by atoms with Gasteiger partial charge in [-0.15, -0.1) is 0 Å². The molecule has 1 atom stereocenters. The van der Waals surface area contributed by atoms with Crippen molar-refractivity contribution < 1.29 is 4.79 Å². The van der Waals surface area contributed by atoms with Crippen molar-refractivity contribution in [3.8, 4) is 0 Å². The Morgan fingerprint density at radius 3 is 2.61 bits per heavy atom. The number of anilines is 1. The number of rotatable bonds is 5. The molecule has 0 saturated carbocycles. The number of hydrazine groups is 1. The van der Waals surface area contributed by atoms with Gasteiger partial charge in [0.05, 0.1) is 11.9 Å². The molecule has 0 aliphatic rings. The van der Waals surface area contributed by atoms with Gasteiger partial charge in [0.2, 0.25) is 0 Å². The summed E-state index contributed by atoms with van der Waals surface area (Å²) in [7, 11) is 0. The number of hydrogen-bond acceptors (Lipinski definition) is 5. The minimum atomic E-state index is -0.728. The lowest BCUT2D eigenvalue weighted by Crippen LogP contribution is -2.40. The van der Waals surface area contributed by atoms with Crippen LogP contribution in [0.5, 0.6) is 0 Å². The minimum Gasteiger partial charge on any atom is -0.371 e. The zero-order valence-electron chi connectivity index (χ0n) is 10.9. The van der Waals surface area contributed by atoms with Crippen LogP contribution in [0.3, 0.4) is 0 Å². The van der Waals surface area contributed by atoms with Gasteiger partial charge < -0.3 is 4.90 Å². The van der Waals surface area contributed by atoms with Crippen molar-refractivity contribution in [2.45, 2.75) is 26.8 Å². The molecule has 0 spiro atoms. The van der Waals surface area contributed by atoms with E-state index in [9.17, 15) is 9.59 Å². The first-order valence-electron chi connectivity index (χ1n) is 5.89. The molecule has 1 aromatic heterocycles. The highest BCUT2D eigenvalue weighted by Gasteiger charge is 2.16. The maximum absolute atomic E-state index is 11.9. The van der Waals surface area contributed by atoms with E-state index < -0.39 is 11.9 Å². The Labute approximate surface area is 106 Å². The average molecular weight is 253 g/mol. The van der Waals surface area contributed by atoms with Crippen molar-refractivity contribution >= 4 is 11.6 Å². The highest BCUT2D eigenvalue weighted by molar-refractivity contribution is 5.79. The van der Waals surface area contributed by atoms with Crippen LogP contribution in [-0.2, 0) is 4.79 Å². The lowest BCUT2D eigenvalue weighted by Gasteiger charge is -2.21. The number of nitrogens with zero attached hydrogens (tertiary/aromatic N) is 3. The molecule has 1 rings (SSSR count). The van der Waals surface area contributed by atoms with E-state index >= 15 is 0 Å². The lowest BCUT2D eigenvalue weighted by molar-refractivity contribution is -0.124. The van der Waals surface area contributed by atoms with Gasteiger partial charge in [0, 0.05) is 19.2 Å². The van der Waals surface area contributed by atoms with Gasteiger partial charge >= 0.3 is 0 Å². The first kappa shape index (κ1) is 14.2. The van der Waals surface area contributed by atoms with Gasteiger partial charge in [-0.25, -0.2) is 10.5 Å². The number of aromatic nitrogens is 2. The summed E-state index contributed by atoms with van der Waals surface area (Å²) in [5, 5.41) is 4.01. The van der Waals surface area contributed by atoms with E-state index in [0.717, 1.165) is 23.5 Å². The van der Waals surface area contributed by atoms with Crippen LogP contribution in [0.2, 0.25) is 0 Å². The molecule has 1 amide bonds. The Morgan fingerprint density at radius 1 is 1.56 bits per heavy atom. The fraction of sp³-hybridized carbons (Fsp3) is 0.545. The highest BCUT2D eigenvalue weighted by atomic mass is 16.2. The zero-order chi connectivity index (χ0) is 13.7.